The molecule has 1 aliphatic heterocycles. The van der Waals surface area contributed by atoms with Crippen LogP contribution in [0, 0.1) is 5.82 Å². The lowest BCUT2D eigenvalue weighted by molar-refractivity contribution is -0.130. The Morgan fingerprint density at radius 2 is 2.00 bits per heavy atom. The normalized spacial score (nSPS) is 15.7. The molecule has 1 saturated heterocycles. The maximum atomic E-state index is 13.8. The van der Waals surface area contributed by atoms with Crippen molar-refractivity contribution in [2.45, 2.75) is 17.7 Å². The van der Waals surface area contributed by atoms with Crippen LogP contribution in [0.2, 0.25) is 0 Å². The highest BCUT2D eigenvalue weighted by molar-refractivity contribution is 7.89. The smallest absolute Gasteiger partial charge is 0.246 e. The van der Waals surface area contributed by atoms with Crippen LogP contribution in [0.25, 0.3) is 0 Å². The van der Waals surface area contributed by atoms with Crippen LogP contribution in [0.1, 0.15) is 12.8 Å². The van der Waals surface area contributed by atoms with E-state index in [-0.39, 0.29) is 18.1 Å². The zero-order valence-corrected chi connectivity index (χ0v) is 12.6. The molecule has 1 heterocycles. The van der Waals surface area contributed by atoms with E-state index >= 15 is 0 Å². The predicted octanol–water partition coefficient (Wildman–Crippen LogP) is 0.651. The van der Waals surface area contributed by atoms with Crippen molar-refractivity contribution in [1.29, 1.82) is 0 Å². The number of hydrogen-bond donors (Lipinski definition) is 1. The summed E-state index contributed by atoms with van der Waals surface area (Å²) in [5.41, 5.74) is 5.54. The minimum atomic E-state index is -4.06. The molecular weight excluding hydrogens is 297 g/mol. The van der Waals surface area contributed by atoms with E-state index in [1.165, 1.54) is 13.1 Å². The first-order valence-electron chi connectivity index (χ1n) is 6.61. The standard InChI is InChI=1S/C13H18FN3O3S/c1-16(9-13(18)17-6-2-3-7-17)21(19,20)12-5-4-10(15)8-11(12)14/h4-5,8H,2-3,6-7,9,15H2,1H3. The highest BCUT2D eigenvalue weighted by Gasteiger charge is 2.28. The molecule has 8 heteroatoms. The molecule has 0 unspecified atom stereocenters. The van der Waals surface area contributed by atoms with Gasteiger partial charge in [-0.25, -0.2) is 12.8 Å². The Bertz CT molecular complexity index is 642. The van der Waals surface area contributed by atoms with E-state index in [0.29, 0.717) is 13.1 Å². The molecule has 6 nitrogen and oxygen atoms in total. The summed E-state index contributed by atoms with van der Waals surface area (Å²) in [4.78, 5) is 13.1. The number of halogens is 1. The number of likely N-dealkylation sites (tertiary alicyclic amines) is 1. The minimum Gasteiger partial charge on any atom is -0.399 e. The number of sulfonamides is 1. The molecule has 1 fully saturated rings. The number of carbonyl (C=O) groups excluding carboxylic acids is 1. The molecule has 0 bridgehead atoms. The Labute approximate surface area is 123 Å². The maximum Gasteiger partial charge on any atom is 0.246 e. The van der Waals surface area contributed by atoms with Gasteiger partial charge in [-0.3, -0.25) is 4.79 Å². The lowest BCUT2D eigenvalue weighted by atomic mass is 10.3. The molecule has 2 rings (SSSR count). The zero-order chi connectivity index (χ0) is 15.6. The molecular formula is C13H18FN3O3S. The summed E-state index contributed by atoms with van der Waals surface area (Å²) in [5, 5.41) is 0. The van der Waals surface area contributed by atoms with Crippen LogP contribution in [0.5, 0.6) is 0 Å². The average Bonchev–Trinajstić information content (AvgIpc) is 2.91. The summed E-state index contributed by atoms with van der Waals surface area (Å²) in [6.07, 6.45) is 1.85. The number of likely N-dealkylation sites (N-methyl/N-ethyl adjacent to an activating group) is 1. The maximum absolute atomic E-state index is 13.8. The topological polar surface area (TPSA) is 83.7 Å². The molecule has 116 valence electrons. The largest absolute Gasteiger partial charge is 0.399 e. The molecule has 0 aromatic heterocycles. The predicted molar refractivity (Wildman–Crippen MR) is 76.4 cm³/mol. The van der Waals surface area contributed by atoms with Crippen molar-refractivity contribution >= 4 is 21.6 Å². The number of anilines is 1. The minimum absolute atomic E-state index is 0.141. The van der Waals surface area contributed by atoms with Crippen molar-refractivity contribution in [1.82, 2.24) is 9.21 Å². The number of benzene rings is 1. The molecule has 1 aromatic rings. The average molecular weight is 315 g/mol. The Morgan fingerprint density at radius 1 is 1.38 bits per heavy atom. The van der Waals surface area contributed by atoms with Crippen molar-refractivity contribution in [3.05, 3.63) is 24.0 Å². The molecule has 0 spiro atoms. The summed E-state index contributed by atoms with van der Waals surface area (Å²) in [7, 11) is -2.79. The second kappa shape index (κ2) is 5.98. The van der Waals surface area contributed by atoms with Gasteiger partial charge in [0.25, 0.3) is 0 Å². The fourth-order valence-corrected chi connectivity index (χ4v) is 3.40. The van der Waals surface area contributed by atoms with E-state index in [1.54, 1.807) is 4.90 Å². The summed E-state index contributed by atoms with van der Waals surface area (Å²) < 4.78 is 39.2. The van der Waals surface area contributed by atoms with Crippen molar-refractivity contribution in [3.63, 3.8) is 0 Å². The van der Waals surface area contributed by atoms with E-state index in [9.17, 15) is 17.6 Å². The molecule has 0 aliphatic carbocycles. The van der Waals surface area contributed by atoms with Gasteiger partial charge >= 0.3 is 0 Å². The van der Waals surface area contributed by atoms with Crippen molar-refractivity contribution < 1.29 is 17.6 Å². The molecule has 0 saturated carbocycles. The van der Waals surface area contributed by atoms with Crippen molar-refractivity contribution in [2.24, 2.45) is 0 Å². The molecule has 1 aliphatic rings. The van der Waals surface area contributed by atoms with E-state index in [2.05, 4.69) is 0 Å². The van der Waals surface area contributed by atoms with Gasteiger partial charge in [-0.05, 0) is 31.0 Å². The summed E-state index contributed by atoms with van der Waals surface area (Å²) in [6, 6.07) is 3.37. The second-order valence-electron chi connectivity index (χ2n) is 5.04. The van der Waals surface area contributed by atoms with Gasteiger partial charge in [-0.1, -0.05) is 0 Å². The fourth-order valence-electron chi connectivity index (χ4n) is 2.24. The van der Waals surface area contributed by atoms with Crippen molar-refractivity contribution in [3.8, 4) is 0 Å². The Kier molecular flexibility index (Phi) is 4.48. The first kappa shape index (κ1) is 15.7. The van der Waals surface area contributed by atoms with Gasteiger partial charge in [-0.15, -0.1) is 0 Å². The monoisotopic (exact) mass is 315 g/mol. The van der Waals surface area contributed by atoms with E-state index < -0.39 is 20.7 Å². The van der Waals surface area contributed by atoms with Gasteiger partial charge in [0.1, 0.15) is 10.7 Å². The quantitative estimate of drug-likeness (QED) is 0.827. The van der Waals surface area contributed by atoms with Crippen LogP contribution >= 0.6 is 0 Å². The molecule has 21 heavy (non-hydrogen) atoms. The SMILES string of the molecule is CN(CC(=O)N1CCCC1)S(=O)(=O)c1ccc(N)cc1F. The van der Waals surface area contributed by atoms with E-state index in [1.807, 2.05) is 0 Å². The highest BCUT2D eigenvalue weighted by Crippen LogP contribution is 2.20. The van der Waals surface area contributed by atoms with Gasteiger partial charge < -0.3 is 10.6 Å². The molecule has 1 aromatic carbocycles. The molecule has 0 radical (unpaired) electrons. The first-order valence-corrected chi connectivity index (χ1v) is 8.05. The number of nitrogens with two attached hydrogens (primary N) is 1. The van der Waals surface area contributed by atoms with Gasteiger partial charge in [-0.2, -0.15) is 4.31 Å². The van der Waals surface area contributed by atoms with Crippen LogP contribution in [-0.4, -0.2) is 50.2 Å². The first-order chi connectivity index (χ1) is 9.82. The van der Waals surface area contributed by atoms with Gasteiger partial charge in [0.15, 0.2) is 0 Å². The van der Waals surface area contributed by atoms with E-state index in [0.717, 1.165) is 29.3 Å². The number of amides is 1. The Morgan fingerprint density at radius 3 is 2.57 bits per heavy atom. The van der Waals surface area contributed by atoms with Crippen LogP contribution < -0.4 is 5.73 Å². The summed E-state index contributed by atoms with van der Waals surface area (Å²) in [6.45, 7) is 0.984. The third-order valence-corrected chi connectivity index (χ3v) is 5.30. The summed E-state index contributed by atoms with van der Waals surface area (Å²) >= 11 is 0. The Hall–Kier alpha value is -1.67. The van der Waals surface area contributed by atoms with Gasteiger partial charge in [0, 0.05) is 25.8 Å². The van der Waals surface area contributed by atoms with Crippen molar-refractivity contribution in [2.75, 3.05) is 32.4 Å². The number of nitrogen functional groups attached to an aromatic ring is 1. The fraction of sp³-hybridized carbons (Fsp3) is 0.462. The molecule has 1 amide bonds. The number of hydrogen-bond acceptors (Lipinski definition) is 4. The van der Waals surface area contributed by atoms with E-state index in [4.69, 9.17) is 5.73 Å². The third kappa shape index (κ3) is 3.33. The molecule has 0 atom stereocenters. The van der Waals surface area contributed by atoms with Crippen LogP contribution in [0.15, 0.2) is 23.1 Å². The van der Waals surface area contributed by atoms with Crippen LogP contribution in [-0.2, 0) is 14.8 Å². The lowest BCUT2D eigenvalue weighted by Gasteiger charge is -2.21. The highest BCUT2D eigenvalue weighted by atomic mass is 32.2. The number of carbonyl (C=O) groups is 1. The summed E-state index contributed by atoms with van der Waals surface area (Å²) in [5.74, 6) is -1.19. The zero-order valence-electron chi connectivity index (χ0n) is 11.8. The third-order valence-electron chi connectivity index (χ3n) is 3.46. The van der Waals surface area contributed by atoms with Crippen LogP contribution in [0.3, 0.4) is 0 Å². The number of nitrogens with zero attached hydrogens (tertiary/aromatic N) is 2. The molecule has 2 N–H and O–H groups in total. The lowest BCUT2D eigenvalue weighted by Crippen LogP contribution is -2.40. The van der Waals surface area contributed by atoms with Gasteiger partial charge in [0.2, 0.25) is 15.9 Å². The number of rotatable bonds is 4. The Balaban J connectivity index is 2.16. The second-order valence-corrected chi connectivity index (χ2v) is 7.05. The van der Waals surface area contributed by atoms with Gasteiger partial charge in [0.05, 0.1) is 6.54 Å². The van der Waals surface area contributed by atoms with Crippen LogP contribution in [0.4, 0.5) is 10.1 Å².